The summed E-state index contributed by atoms with van der Waals surface area (Å²) in [6.07, 6.45) is 20.3. The lowest BCUT2D eigenvalue weighted by Crippen LogP contribution is -2.15. The van der Waals surface area contributed by atoms with Crippen LogP contribution in [0.15, 0.2) is 12.7 Å². The lowest BCUT2D eigenvalue weighted by Gasteiger charge is -2.09. The summed E-state index contributed by atoms with van der Waals surface area (Å²) in [5, 5.41) is 0. The Kier molecular flexibility index (Phi) is 48.7. The number of esters is 1. The quantitative estimate of drug-likeness (QED) is 0.0385. The monoisotopic (exact) mass is 781 g/mol. The zero-order valence-electron chi connectivity index (χ0n) is 34.3. The van der Waals surface area contributed by atoms with Crippen molar-refractivity contribution >= 4 is 5.97 Å². The Morgan fingerprint density at radius 1 is 0.315 bits per heavy atom. The smallest absolute Gasteiger partial charge is 0.330 e. The van der Waals surface area contributed by atoms with Crippen LogP contribution in [0.5, 0.6) is 0 Å². The lowest BCUT2D eigenvalue weighted by molar-refractivity contribution is -0.139. The second kappa shape index (κ2) is 49.8. The molecule has 0 aliphatic heterocycles. The first-order chi connectivity index (χ1) is 26.8. The maximum Gasteiger partial charge on any atom is 0.330 e. The molecule has 0 bridgehead atoms. The Morgan fingerprint density at radius 3 is 0.759 bits per heavy atom. The van der Waals surface area contributed by atoms with Crippen molar-refractivity contribution in [3.8, 4) is 0 Å². The van der Waals surface area contributed by atoms with Crippen molar-refractivity contribution in [1.29, 1.82) is 0 Å². The molecule has 322 valence electrons. The van der Waals surface area contributed by atoms with E-state index in [2.05, 4.69) is 13.5 Å². The average Bonchev–Trinajstić information content (AvgIpc) is 3.18. The van der Waals surface area contributed by atoms with Gasteiger partial charge in [-0.2, -0.15) is 0 Å². The highest BCUT2D eigenvalue weighted by molar-refractivity contribution is 5.81. The van der Waals surface area contributed by atoms with Gasteiger partial charge in [-0.15, -0.1) is 0 Å². The van der Waals surface area contributed by atoms with Crippen molar-refractivity contribution in [2.24, 2.45) is 0 Å². The third-order valence-corrected chi connectivity index (χ3v) is 8.00. The van der Waals surface area contributed by atoms with E-state index in [-0.39, 0.29) is 6.61 Å². The number of rotatable bonds is 49. The van der Waals surface area contributed by atoms with Crippen LogP contribution in [-0.2, 0) is 61.6 Å². The maximum absolute atomic E-state index is 10.9. The van der Waals surface area contributed by atoms with Crippen LogP contribution in [0.3, 0.4) is 0 Å². The molecule has 54 heavy (non-hydrogen) atoms. The molecule has 0 spiro atoms. The van der Waals surface area contributed by atoms with Gasteiger partial charge >= 0.3 is 5.97 Å². The van der Waals surface area contributed by atoms with E-state index in [9.17, 15) is 4.79 Å². The molecule has 0 aliphatic rings. The normalized spacial score (nSPS) is 11.4. The maximum atomic E-state index is 10.9. The Bertz CT molecular complexity index is 717. The van der Waals surface area contributed by atoms with Gasteiger partial charge in [0.1, 0.15) is 6.61 Å². The van der Waals surface area contributed by atoms with Gasteiger partial charge < -0.3 is 56.8 Å². The Morgan fingerprint density at radius 2 is 0.519 bits per heavy atom. The third kappa shape index (κ3) is 48.8. The highest BCUT2D eigenvalue weighted by Gasteiger charge is 1.99. The van der Waals surface area contributed by atoms with Crippen LogP contribution in [0.1, 0.15) is 96.8 Å². The summed E-state index contributed by atoms with van der Waals surface area (Å²) in [4.78, 5) is 10.9. The van der Waals surface area contributed by atoms with Crippen LogP contribution < -0.4 is 0 Å². The number of carbonyl (C=O) groups excluding carboxylic acids is 1. The highest BCUT2D eigenvalue weighted by Crippen LogP contribution is 2.13. The van der Waals surface area contributed by atoms with Gasteiger partial charge in [0, 0.05) is 12.7 Å². The average molecular weight is 781 g/mol. The lowest BCUT2D eigenvalue weighted by atomic mass is 10.0. The molecule has 0 heterocycles. The molecule has 0 rings (SSSR count). The molecule has 0 unspecified atom stereocenters. The van der Waals surface area contributed by atoms with Crippen molar-refractivity contribution in [3.05, 3.63) is 12.7 Å². The van der Waals surface area contributed by atoms with E-state index in [1.807, 2.05) is 0 Å². The third-order valence-electron chi connectivity index (χ3n) is 8.00. The van der Waals surface area contributed by atoms with E-state index in [0.717, 1.165) is 19.1 Å². The first-order valence-corrected chi connectivity index (χ1v) is 21.0. The van der Waals surface area contributed by atoms with Gasteiger partial charge in [-0.05, 0) is 6.42 Å². The van der Waals surface area contributed by atoms with Crippen LogP contribution in [0.4, 0.5) is 0 Å². The molecule has 0 saturated heterocycles. The van der Waals surface area contributed by atoms with Crippen LogP contribution >= 0.6 is 0 Å². The van der Waals surface area contributed by atoms with Crippen LogP contribution in [0.25, 0.3) is 0 Å². The van der Waals surface area contributed by atoms with Gasteiger partial charge in [0.2, 0.25) is 0 Å². The van der Waals surface area contributed by atoms with Crippen LogP contribution in [0.2, 0.25) is 0 Å². The number of hydrogen-bond acceptors (Lipinski definition) is 13. The fourth-order valence-corrected chi connectivity index (χ4v) is 4.96. The van der Waals surface area contributed by atoms with Gasteiger partial charge in [0.15, 0.2) is 0 Å². The molecule has 0 aromatic rings. The van der Waals surface area contributed by atoms with Crippen LogP contribution in [-0.4, -0.2) is 158 Å². The molecule has 0 atom stereocenters. The molecule has 0 aromatic carbocycles. The van der Waals surface area contributed by atoms with Gasteiger partial charge in [0.05, 0.1) is 139 Å². The molecule has 0 aromatic heterocycles. The van der Waals surface area contributed by atoms with E-state index in [0.29, 0.717) is 139 Å². The molecule has 13 nitrogen and oxygen atoms in total. The summed E-state index contributed by atoms with van der Waals surface area (Å²) >= 11 is 0. The second-order valence-corrected chi connectivity index (χ2v) is 12.7. The van der Waals surface area contributed by atoms with E-state index in [4.69, 9.17) is 56.8 Å². The van der Waals surface area contributed by atoms with Gasteiger partial charge in [0.25, 0.3) is 0 Å². The predicted molar refractivity (Wildman–Crippen MR) is 210 cm³/mol. The summed E-state index contributed by atoms with van der Waals surface area (Å²) < 4.78 is 65.2. The second-order valence-electron chi connectivity index (χ2n) is 12.7. The predicted octanol–water partition coefficient (Wildman–Crippen LogP) is 6.38. The molecule has 0 fully saturated rings. The Hall–Kier alpha value is -1.23. The minimum absolute atomic E-state index is 0.200. The Balaban J connectivity index is 3.06. The zero-order valence-corrected chi connectivity index (χ0v) is 34.3. The summed E-state index contributed by atoms with van der Waals surface area (Å²) in [5.41, 5.74) is 0. The minimum Gasteiger partial charge on any atom is -0.460 e. The summed E-state index contributed by atoms with van der Waals surface area (Å²) in [6, 6.07) is 0. The van der Waals surface area contributed by atoms with E-state index in [1.165, 1.54) is 83.5 Å². The zero-order chi connectivity index (χ0) is 38.9. The van der Waals surface area contributed by atoms with E-state index < -0.39 is 5.97 Å². The number of ether oxygens (including phenoxy) is 12. The molecular weight excluding hydrogens is 700 g/mol. The van der Waals surface area contributed by atoms with Gasteiger partial charge in [-0.1, -0.05) is 97.0 Å². The number of unbranched alkanes of at least 4 members (excludes halogenated alkanes) is 13. The fourth-order valence-electron chi connectivity index (χ4n) is 4.96. The molecule has 0 radical (unpaired) electrons. The van der Waals surface area contributed by atoms with E-state index >= 15 is 0 Å². The first kappa shape index (κ1) is 52.8. The topological polar surface area (TPSA) is 128 Å². The molecule has 0 amide bonds. The van der Waals surface area contributed by atoms with E-state index in [1.54, 1.807) is 0 Å². The largest absolute Gasteiger partial charge is 0.460 e. The fraction of sp³-hybridized carbons (Fsp3) is 0.927. The molecule has 0 aliphatic carbocycles. The van der Waals surface area contributed by atoms with Gasteiger partial charge in [-0.3, -0.25) is 0 Å². The van der Waals surface area contributed by atoms with Crippen molar-refractivity contribution in [2.45, 2.75) is 96.8 Å². The van der Waals surface area contributed by atoms with Crippen molar-refractivity contribution in [3.63, 3.8) is 0 Å². The molecule has 0 N–H and O–H groups in total. The van der Waals surface area contributed by atoms with Crippen molar-refractivity contribution < 1.29 is 61.6 Å². The first-order valence-electron chi connectivity index (χ1n) is 21.0. The summed E-state index contributed by atoms with van der Waals surface area (Å²) in [5.74, 6) is -0.457. The SMILES string of the molecule is C=CC(=O)OCCOCCOCCOCCOCCOCCOCCOCCOCCOCCOCCOCCCCCCCCCCCCCCCC. The summed E-state index contributed by atoms with van der Waals surface area (Å²) in [7, 11) is 0. The van der Waals surface area contributed by atoms with Crippen molar-refractivity contribution in [1.82, 2.24) is 0 Å². The molecule has 0 saturated carbocycles. The van der Waals surface area contributed by atoms with Crippen LogP contribution in [0, 0.1) is 0 Å². The highest BCUT2D eigenvalue weighted by atomic mass is 16.6. The number of carbonyl (C=O) groups is 1. The molecular formula is C41H80O13. The standard InChI is InChI=1S/C41H80O13/c1-3-5-6-7-8-9-10-11-12-13-14-15-16-17-18-43-19-20-44-21-22-45-23-24-46-25-26-47-27-28-48-29-30-49-31-32-50-33-34-51-35-36-52-37-38-53-39-40-54-41(42)4-2/h4H,2-3,5-40H2,1H3. The Labute approximate surface area is 328 Å². The van der Waals surface area contributed by atoms with Gasteiger partial charge in [-0.25, -0.2) is 4.79 Å². The number of hydrogen-bond donors (Lipinski definition) is 0. The minimum atomic E-state index is -0.457. The summed E-state index contributed by atoms with van der Waals surface area (Å²) in [6.45, 7) is 17.3. The molecule has 13 heteroatoms. The van der Waals surface area contributed by atoms with Crippen molar-refractivity contribution in [2.75, 3.05) is 152 Å².